The van der Waals surface area contributed by atoms with Crippen molar-refractivity contribution in [1.29, 1.82) is 0 Å². The summed E-state index contributed by atoms with van der Waals surface area (Å²) >= 11 is 0. The summed E-state index contributed by atoms with van der Waals surface area (Å²) in [6.45, 7) is 4.58. The normalized spacial score (nSPS) is 20.4. The second-order valence-electron chi connectivity index (χ2n) is 16.9. The summed E-state index contributed by atoms with van der Waals surface area (Å²) in [5.74, 6) is -0.311. The molecule has 0 aliphatic carbocycles. The van der Waals surface area contributed by atoms with Crippen LogP contribution >= 0.6 is 0 Å². The smallest absolute Gasteiger partial charge is 0.306 e. The minimum absolute atomic E-state index is 0.106. The number of hydrogen-bond donors (Lipinski definition) is 4. The van der Waals surface area contributed by atoms with Gasteiger partial charge < -0.3 is 39.4 Å². The fraction of sp³-hybridized carbons (Fsp3) is 0.979. The highest BCUT2D eigenvalue weighted by Gasteiger charge is 2.44. The van der Waals surface area contributed by atoms with E-state index in [0.717, 1.165) is 32.1 Å². The van der Waals surface area contributed by atoms with Crippen molar-refractivity contribution in [2.45, 2.75) is 269 Å². The van der Waals surface area contributed by atoms with Crippen LogP contribution in [0.4, 0.5) is 0 Å². The molecule has 4 N–H and O–H groups in total. The zero-order chi connectivity index (χ0) is 40.7. The predicted octanol–water partition coefficient (Wildman–Crippen LogP) is 11.0. The Morgan fingerprint density at radius 3 is 1.27 bits per heavy atom. The van der Waals surface area contributed by atoms with Crippen LogP contribution in [0.25, 0.3) is 0 Å². The van der Waals surface area contributed by atoms with Crippen LogP contribution in [-0.4, -0.2) is 89.6 Å². The molecule has 0 aromatic rings. The van der Waals surface area contributed by atoms with E-state index >= 15 is 0 Å². The van der Waals surface area contributed by atoms with E-state index in [0.29, 0.717) is 13.0 Å². The minimum atomic E-state index is -1.53. The van der Waals surface area contributed by atoms with Crippen molar-refractivity contribution in [3.05, 3.63) is 0 Å². The summed E-state index contributed by atoms with van der Waals surface area (Å²) in [7, 11) is 0. The summed E-state index contributed by atoms with van der Waals surface area (Å²) in [5.41, 5.74) is 0. The molecule has 1 fully saturated rings. The fourth-order valence-corrected chi connectivity index (χ4v) is 7.73. The summed E-state index contributed by atoms with van der Waals surface area (Å²) in [4.78, 5) is 12.7. The minimum Gasteiger partial charge on any atom is -0.457 e. The Balaban J connectivity index is 2.11. The van der Waals surface area contributed by atoms with Crippen molar-refractivity contribution in [1.82, 2.24) is 0 Å². The lowest BCUT2D eigenvalue weighted by atomic mass is 9.99. The van der Waals surface area contributed by atoms with E-state index < -0.39 is 43.4 Å². The number of esters is 1. The fourth-order valence-electron chi connectivity index (χ4n) is 7.73. The molecule has 0 radical (unpaired) electrons. The van der Waals surface area contributed by atoms with Gasteiger partial charge in [-0.25, -0.2) is 0 Å². The standard InChI is InChI=1S/C47H92O9/c1-3-5-7-9-11-13-14-15-16-17-18-19-20-21-22-23-24-25-26-27-29-31-33-35-37-53-39-41(40-54-47-46(52)45(51)44(50)42(38-48)56-47)55-43(49)36-34-32-30-28-12-10-8-6-4-2/h41-42,44-48,50-52H,3-40H2,1-2H3. The number of rotatable bonds is 42. The summed E-state index contributed by atoms with van der Waals surface area (Å²) in [5, 5.41) is 40.1. The molecular formula is C47H92O9. The van der Waals surface area contributed by atoms with Crippen LogP contribution in [0.1, 0.15) is 232 Å². The van der Waals surface area contributed by atoms with E-state index in [1.54, 1.807) is 0 Å². The van der Waals surface area contributed by atoms with Gasteiger partial charge in [-0.2, -0.15) is 0 Å². The van der Waals surface area contributed by atoms with Gasteiger partial charge in [0.15, 0.2) is 6.29 Å². The van der Waals surface area contributed by atoms with Gasteiger partial charge in [0.05, 0.1) is 19.8 Å². The Hall–Kier alpha value is -0.810. The van der Waals surface area contributed by atoms with E-state index in [1.807, 2.05) is 0 Å². The van der Waals surface area contributed by atoms with Crippen molar-refractivity contribution in [2.75, 3.05) is 26.4 Å². The highest BCUT2D eigenvalue weighted by molar-refractivity contribution is 5.69. The number of aliphatic hydroxyl groups is 4. The van der Waals surface area contributed by atoms with Crippen LogP contribution in [-0.2, 0) is 23.7 Å². The van der Waals surface area contributed by atoms with Crippen LogP contribution in [0.2, 0.25) is 0 Å². The largest absolute Gasteiger partial charge is 0.457 e. The molecule has 9 heteroatoms. The van der Waals surface area contributed by atoms with Crippen molar-refractivity contribution in [3.8, 4) is 0 Å². The monoisotopic (exact) mass is 801 g/mol. The number of carbonyl (C=O) groups is 1. The molecule has 1 aliphatic rings. The van der Waals surface area contributed by atoms with E-state index in [4.69, 9.17) is 18.9 Å². The summed E-state index contributed by atoms with van der Waals surface area (Å²) < 4.78 is 22.8. The third-order valence-corrected chi connectivity index (χ3v) is 11.5. The molecule has 6 unspecified atom stereocenters. The second-order valence-corrected chi connectivity index (χ2v) is 16.9. The van der Waals surface area contributed by atoms with Crippen molar-refractivity contribution >= 4 is 5.97 Å². The van der Waals surface area contributed by atoms with Gasteiger partial charge in [0.1, 0.15) is 30.5 Å². The zero-order valence-electron chi connectivity index (χ0n) is 36.7. The molecule has 0 bridgehead atoms. The summed E-state index contributed by atoms with van der Waals surface area (Å²) in [6, 6.07) is 0. The zero-order valence-corrected chi connectivity index (χ0v) is 36.7. The molecule has 0 amide bonds. The topological polar surface area (TPSA) is 135 Å². The molecule has 0 saturated carbocycles. The van der Waals surface area contributed by atoms with Crippen molar-refractivity contribution in [3.63, 3.8) is 0 Å². The SMILES string of the molecule is CCCCCCCCCCCCCCCCCCCCCCCCCCOCC(COC1OC(CO)C(O)C(O)C1O)OC(=O)CCCCCCCCCCC. The highest BCUT2D eigenvalue weighted by Crippen LogP contribution is 2.23. The third-order valence-electron chi connectivity index (χ3n) is 11.5. The van der Waals surface area contributed by atoms with Crippen LogP contribution < -0.4 is 0 Å². The lowest BCUT2D eigenvalue weighted by molar-refractivity contribution is -0.305. The average Bonchev–Trinajstić information content (AvgIpc) is 3.20. The molecule has 9 nitrogen and oxygen atoms in total. The Labute approximate surface area is 344 Å². The van der Waals surface area contributed by atoms with Gasteiger partial charge in [-0.1, -0.05) is 213 Å². The predicted molar refractivity (Wildman–Crippen MR) is 229 cm³/mol. The van der Waals surface area contributed by atoms with Crippen molar-refractivity contribution in [2.24, 2.45) is 0 Å². The molecule has 0 aromatic heterocycles. The summed E-state index contributed by atoms with van der Waals surface area (Å²) in [6.07, 6.45) is 35.9. The van der Waals surface area contributed by atoms with Crippen LogP contribution in [0, 0.1) is 0 Å². The maximum absolute atomic E-state index is 12.7. The first-order valence-electron chi connectivity index (χ1n) is 24.1. The number of ether oxygens (including phenoxy) is 4. The Bertz CT molecular complexity index is 827. The number of aliphatic hydroxyl groups excluding tert-OH is 4. The molecule has 1 saturated heterocycles. The highest BCUT2D eigenvalue weighted by atomic mass is 16.7. The molecule has 334 valence electrons. The van der Waals surface area contributed by atoms with Crippen LogP contribution in [0.5, 0.6) is 0 Å². The second kappa shape index (κ2) is 39.6. The Morgan fingerprint density at radius 2 is 0.875 bits per heavy atom. The van der Waals surface area contributed by atoms with E-state index in [9.17, 15) is 25.2 Å². The van der Waals surface area contributed by atoms with Gasteiger partial charge in [-0.15, -0.1) is 0 Å². The molecular weight excluding hydrogens is 709 g/mol. The molecule has 1 aliphatic heterocycles. The first-order valence-corrected chi connectivity index (χ1v) is 24.1. The van der Waals surface area contributed by atoms with Crippen LogP contribution in [0.15, 0.2) is 0 Å². The number of carbonyl (C=O) groups excluding carboxylic acids is 1. The molecule has 0 spiro atoms. The van der Waals surface area contributed by atoms with Gasteiger partial charge in [-0.3, -0.25) is 4.79 Å². The first-order chi connectivity index (χ1) is 27.4. The van der Waals surface area contributed by atoms with Gasteiger partial charge in [0.25, 0.3) is 0 Å². The third kappa shape index (κ3) is 30.3. The number of unbranched alkanes of at least 4 members (excludes halogenated alkanes) is 31. The molecule has 0 aromatic carbocycles. The Morgan fingerprint density at radius 1 is 0.500 bits per heavy atom. The average molecular weight is 801 g/mol. The molecule has 6 atom stereocenters. The van der Waals surface area contributed by atoms with E-state index in [1.165, 1.54) is 180 Å². The molecule has 56 heavy (non-hydrogen) atoms. The quantitative estimate of drug-likeness (QED) is 0.0351. The van der Waals surface area contributed by atoms with Gasteiger partial charge >= 0.3 is 5.97 Å². The molecule has 1 heterocycles. The van der Waals surface area contributed by atoms with E-state index in [2.05, 4.69) is 13.8 Å². The lowest BCUT2D eigenvalue weighted by Crippen LogP contribution is -2.59. The van der Waals surface area contributed by atoms with Crippen molar-refractivity contribution < 1.29 is 44.2 Å². The number of hydrogen-bond acceptors (Lipinski definition) is 9. The van der Waals surface area contributed by atoms with Crippen LogP contribution in [0.3, 0.4) is 0 Å². The van der Waals surface area contributed by atoms with Gasteiger partial charge in [0.2, 0.25) is 0 Å². The Kier molecular flexibility index (Phi) is 37.7. The van der Waals surface area contributed by atoms with Gasteiger partial charge in [0, 0.05) is 13.0 Å². The van der Waals surface area contributed by atoms with Gasteiger partial charge in [-0.05, 0) is 12.8 Å². The molecule has 1 rings (SSSR count). The maximum Gasteiger partial charge on any atom is 0.306 e. The first kappa shape index (κ1) is 53.2. The van der Waals surface area contributed by atoms with E-state index in [-0.39, 0.29) is 19.2 Å². The maximum atomic E-state index is 12.7. The lowest BCUT2D eigenvalue weighted by Gasteiger charge is -2.39.